The van der Waals surface area contributed by atoms with Crippen LogP contribution in [0.5, 0.6) is 0 Å². The Balaban J connectivity index is 2.29. The molecule has 0 spiro atoms. The quantitative estimate of drug-likeness (QED) is 0.746. The summed E-state index contributed by atoms with van der Waals surface area (Å²) < 4.78 is 6.16. The molecule has 0 aromatic heterocycles. The number of ether oxygens (including phenoxy) is 1. The molecule has 4 unspecified atom stereocenters. The van der Waals surface area contributed by atoms with Gasteiger partial charge in [0.2, 0.25) is 0 Å². The van der Waals surface area contributed by atoms with Crippen molar-refractivity contribution in [3.8, 4) is 0 Å². The van der Waals surface area contributed by atoms with Gasteiger partial charge in [0.1, 0.15) is 0 Å². The van der Waals surface area contributed by atoms with Crippen molar-refractivity contribution >= 4 is 0 Å². The fourth-order valence-electron chi connectivity index (χ4n) is 2.71. The molecule has 4 atom stereocenters. The Hall–Kier alpha value is -0.0800. The molecule has 18 heavy (non-hydrogen) atoms. The molecule has 1 aliphatic carbocycles. The lowest BCUT2D eigenvalue weighted by Gasteiger charge is -2.33. The molecule has 0 aromatic carbocycles. The maximum atomic E-state index is 6.16. The molecule has 1 fully saturated rings. The van der Waals surface area contributed by atoms with Gasteiger partial charge in [-0.1, -0.05) is 34.6 Å². The van der Waals surface area contributed by atoms with Crippen LogP contribution < -0.4 is 5.32 Å². The van der Waals surface area contributed by atoms with E-state index in [4.69, 9.17) is 4.74 Å². The van der Waals surface area contributed by atoms with Crippen molar-refractivity contribution in [2.75, 3.05) is 13.2 Å². The lowest BCUT2D eigenvalue weighted by molar-refractivity contribution is -0.0123. The molecule has 0 aliphatic heterocycles. The van der Waals surface area contributed by atoms with Crippen LogP contribution in [0.15, 0.2) is 0 Å². The van der Waals surface area contributed by atoms with Crippen LogP contribution in [0, 0.1) is 17.8 Å². The first kappa shape index (κ1) is 16.0. The van der Waals surface area contributed by atoms with E-state index < -0.39 is 0 Å². The van der Waals surface area contributed by atoms with Gasteiger partial charge in [-0.3, -0.25) is 0 Å². The average molecular weight is 255 g/mol. The number of hydrogen-bond acceptors (Lipinski definition) is 2. The third-order valence-corrected chi connectivity index (χ3v) is 4.52. The first-order valence-electron chi connectivity index (χ1n) is 7.89. The summed E-state index contributed by atoms with van der Waals surface area (Å²) in [5.74, 6) is 2.35. The van der Waals surface area contributed by atoms with Gasteiger partial charge in [0.05, 0.1) is 12.7 Å². The Morgan fingerprint density at radius 1 is 1.17 bits per heavy atom. The van der Waals surface area contributed by atoms with Gasteiger partial charge in [0.15, 0.2) is 0 Å². The van der Waals surface area contributed by atoms with Crippen LogP contribution >= 0.6 is 0 Å². The topological polar surface area (TPSA) is 21.3 Å². The van der Waals surface area contributed by atoms with Gasteiger partial charge in [-0.05, 0) is 50.0 Å². The molecule has 0 bridgehead atoms. The van der Waals surface area contributed by atoms with Crippen LogP contribution in [0.4, 0.5) is 0 Å². The molecule has 108 valence electrons. The van der Waals surface area contributed by atoms with Crippen LogP contribution in [-0.2, 0) is 4.74 Å². The van der Waals surface area contributed by atoms with Crippen molar-refractivity contribution < 1.29 is 4.74 Å². The third kappa shape index (κ3) is 5.27. The van der Waals surface area contributed by atoms with Crippen molar-refractivity contribution in [2.45, 2.75) is 72.4 Å². The molecule has 2 heteroatoms. The van der Waals surface area contributed by atoms with Crippen LogP contribution in [0.25, 0.3) is 0 Å². The first-order chi connectivity index (χ1) is 8.54. The van der Waals surface area contributed by atoms with Gasteiger partial charge in [-0.2, -0.15) is 0 Å². The van der Waals surface area contributed by atoms with E-state index in [9.17, 15) is 0 Å². The van der Waals surface area contributed by atoms with E-state index >= 15 is 0 Å². The lowest BCUT2D eigenvalue weighted by Crippen LogP contribution is -2.40. The molecule has 0 amide bonds. The van der Waals surface area contributed by atoms with E-state index in [1.807, 2.05) is 0 Å². The Kier molecular flexibility index (Phi) is 7.25. The Bertz CT molecular complexity index is 217. The van der Waals surface area contributed by atoms with Crippen LogP contribution in [0.1, 0.15) is 60.3 Å². The smallest absolute Gasteiger partial charge is 0.0625 e. The van der Waals surface area contributed by atoms with Gasteiger partial charge in [0, 0.05) is 6.04 Å². The highest BCUT2D eigenvalue weighted by Gasteiger charge is 2.25. The summed E-state index contributed by atoms with van der Waals surface area (Å²) in [6.45, 7) is 13.5. The summed E-state index contributed by atoms with van der Waals surface area (Å²) in [5, 5.41) is 3.60. The minimum absolute atomic E-state index is 0.501. The van der Waals surface area contributed by atoms with Gasteiger partial charge < -0.3 is 10.1 Å². The van der Waals surface area contributed by atoms with E-state index in [0.717, 1.165) is 25.0 Å². The van der Waals surface area contributed by atoms with Crippen molar-refractivity contribution in [3.63, 3.8) is 0 Å². The summed E-state index contributed by atoms with van der Waals surface area (Å²) in [4.78, 5) is 0. The van der Waals surface area contributed by atoms with Crippen molar-refractivity contribution in [3.05, 3.63) is 0 Å². The van der Waals surface area contributed by atoms with Gasteiger partial charge in [0.25, 0.3) is 0 Å². The van der Waals surface area contributed by atoms with E-state index in [2.05, 4.69) is 39.9 Å². The second-order valence-electron chi connectivity index (χ2n) is 6.53. The lowest BCUT2D eigenvalue weighted by atomic mass is 9.80. The number of rotatable bonds is 7. The van der Waals surface area contributed by atoms with Crippen LogP contribution in [0.3, 0.4) is 0 Å². The highest BCUT2D eigenvalue weighted by molar-refractivity contribution is 4.77. The molecule has 0 saturated heterocycles. The largest absolute Gasteiger partial charge is 0.377 e. The second kappa shape index (κ2) is 8.16. The van der Waals surface area contributed by atoms with E-state index in [0.29, 0.717) is 18.1 Å². The number of hydrogen-bond donors (Lipinski definition) is 1. The summed E-state index contributed by atoms with van der Waals surface area (Å²) in [7, 11) is 0. The zero-order valence-corrected chi connectivity index (χ0v) is 13.0. The SMILES string of the molecule is CCCNC(COC1CCC(C)C(C)C1)C(C)C. The predicted molar refractivity (Wildman–Crippen MR) is 78.8 cm³/mol. The molecule has 0 heterocycles. The Labute approximate surface area is 114 Å². The van der Waals surface area contributed by atoms with E-state index in [1.165, 1.54) is 25.7 Å². The normalized spacial score (nSPS) is 30.7. The summed E-state index contributed by atoms with van der Waals surface area (Å²) in [6.07, 6.45) is 5.53. The molecular weight excluding hydrogens is 222 g/mol. The molecule has 0 aromatic rings. The first-order valence-corrected chi connectivity index (χ1v) is 7.89. The van der Waals surface area contributed by atoms with Crippen LogP contribution in [0.2, 0.25) is 0 Å². The maximum Gasteiger partial charge on any atom is 0.0625 e. The molecule has 0 radical (unpaired) electrons. The summed E-state index contributed by atoms with van der Waals surface area (Å²) in [6, 6.07) is 0.514. The van der Waals surface area contributed by atoms with Crippen molar-refractivity contribution in [1.29, 1.82) is 0 Å². The fraction of sp³-hybridized carbons (Fsp3) is 1.00. The monoisotopic (exact) mass is 255 g/mol. The average Bonchev–Trinajstić information content (AvgIpc) is 2.33. The van der Waals surface area contributed by atoms with E-state index in [1.54, 1.807) is 0 Å². The molecule has 1 saturated carbocycles. The highest BCUT2D eigenvalue weighted by atomic mass is 16.5. The van der Waals surface area contributed by atoms with Gasteiger partial charge in [-0.25, -0.2) is 0 Å². The fourth-order valence-corrected chi connectivity index (χ4v) is 2.71. The van der Waals surface area contributed by atoms with Crippen LogP contribution in [-0.4, -0.2) is 25.3 Å². The van der Waals surface area contributed by atoms with Gasteiger partial charge >= 0.3 is 0 Å². The predicted octanol–water partition coefficient (Wildman–Crippen LogP) is 3.85. The highest BCUT2D eigenvalue weighted by Crippen LogP contribution is 2.31. The second-order valence-corrected chi connectivity index (χ2v) is 6.53. The zero-order chi connectivity index (χ0) is 13.5. The Morgan fingerprint density at radius 3 is 2.44 bits per heavy atom. The number of nitrogens with one attached hydrogen (secondary N) is 1. The molecule has 1 rings (SSSR count). The van der Waals surface area contributed by atoms with Crippen molar-refractivity contribution in [2.24, 2.45) is 17.8 Å². The molecule has 2 nitrogen and oxygen atoms in total. The Morgan fingerprint density at radius 2 is 1.89 bits per heavy atom. The summed E-state index contributed by atoms with van der Waals surface area (Å²) >= 11 is 0. The molecule has 1 aliphatic rings. The molecular formula is C16H33NO. The minimum Gasteiger partial charge on any atom is -0.377 e. The molecule has 1 N–H and O–H groups in total. The van der Waals surface area contributed by atoms with Crippen molar-refractivity contribution in [1.82, 2.24) is 5.32 Å². The standard InChI is InChI=1S/C16H33NO/c1-6-9-17-16(12(2)3)11-18-15-8-7-13(4)14(5)10-15/h12-17H,6-11H2,1-5H3. The maximum absolute atomic E-state index is 6.16. The summed E-state index contributed by atoms with van der Waals surface area (Å²) in [5.41, 5.74) is 0. The third-order valence-electron chi connectivity index (χ3n) is 4.52. The zero-order valence-electron chi connectivity index (χ0n) is 13.0. The van der Waals surface area contributed by atoms with Gasteiger partial charge in [-0.15, -0.1) is 0 Å². The minimum atomic E-state index is 0.501. The van der Waals surface area contributed by atoms with E-state index in [-0.39, 0.29) is 0 Å².